The number of aliphatic carboxylic acids is 1. The monoisotopic (exact) mass is 408 g/mol. The summed E-state index contributed by atoms with van der Waals surface area (Å²) in [6.07, 6.45) is 8.90. The van der Waals surface area contributed by atoms with Gasteiger partial charge in [-0.25, -0.2) is 0 Å². The molecule has 1 aliphatic rings. The van der Waals surface area contributed by atoms with E-state index < -0.39 is 18.2 Å². The molecule has 1 fully saturated rings. The van der Waals surface area contributed by atoms with E-state index in [0.717, 1.165) is 43.2 Å². The number of carboxylic acids is 1. The molecular formula is C23H33ClO4. The van der Waals surface area contributed by atoms with Crippen LogP contribution in [0.4, 0.5) is 0 Å². The summed E-state index contributed by atoms with van der Waals surface area (Å²) < 4.78 is 0. The quantitative estimate of drug-likeness (QED) is 0.267. The maximum Gasteiger partial charge on any atom is 0.303 e. The molecule has 0 aliphatic heterocycles. The van der Waals surface area contributed by atoms with Gasteiger partial charge in [0.05, 0.1) is 12.2 Å². The highest BCUT2D eigenvalue weighted by Gasteiger charge is 2.41. The molecule has 0 radical (unpaired) electrons. The van der Waals surface area contributed by atoms with Crippen LogP contribution in [0.2, 0.25) is 0 Å². The molecule has 4 nitrogen and oxygen atoms in total. The molecule has 3 N–H and O–H groups in total. The molecule has 1 saturated carbocycles. The van der Waals surface area contributed by atoms with Crippen LogP contribution < -0.4 is 0 Å². The van der Waals surface area contributed by atoms with E-state index in [-0.39, 0.29) is 23.6 Å². The Morgan fingerprint density at radius 1 is 1.25 bits per heavy atom. The van der Waals surface area contributed by atoms with E-state index in [4.69, 9.17) is 16.7 Å². The lowest BCUT2D eigenvalue weighted by molar-refractivity contribution is -0.137. The van der Waals surface area contributed by atoms with Crippen molar-refractivity contribution in [3.05, 3.63) is 47.5 Å². The molecule has 0 amide bonds. The molecule has 0 saturated heterocycles. The predicted molar refractivity (Wildman–Crippen MR) is 113 cm³/mol. The average Bonchev–Trinajstić information content (AvgIpc) is 2.95. The van der Waals surface area contributed by atoms with Gasteiger partial charge in [-0.3, -0.25) is 4.79 Å². The fourth-order valence-corrected chi connectivity index (χ4v) is 4.52. The van der Waals surface area contributed by atoms with Crippen molar-refractivity contribution in [1.29, 1.82) is 0 Å². The highest BCUT2D eigenvalue weighted by molar-refractivity contribution is 6.21. The van der Waals surface area contributed by atoms with Crippen LogP contribution in [0.25, 0.3) is 0 Å². The van der Waals surface area contributed by atoms with Crippen LogP contribution in [0, 0.1) is 5.92 Å². The minimum absolute atomic E-state index is 0.0204. The Balaban J connectivity index is 1.99. The molecule has 1 aromatic rings. The topological polar surface area (TPSA) is 77.8 Å². The fourth-order valence-electron chi connectivity index (χ4n) is 4.07. The fraction of sp³-hybridized carbons (Fsp3) is 0.609. The van der Waals surface area contributed by atoms with Gasteiger partial charge in [0.15, 0.2) is 0 Å². The normalized spacial score (nSPS) is 26.0. The van der Waals surface area contributed by atoms with Crippen molar-refractivity contribution in [2.24, 2.45) is 5.92 Å². The number of aliphatic hydroxyl groups excluding tert-OH is 2. The molecule has 2 rings (SSSR count). The molecule has 0 bridgehead atoms. The first-order valence-corrected chi connectivity index (χ1v) is 10.8. The van der Waals surface area contributed by atoms with Gasteiger partial charge in [-0.2, -0.15) is 0 Å². The van der Waals surface area contributed by atoms with Crippen molar-refractivity contribution < 1.29 is 20.1 Å². The molecule has 0 heterocycles. The Morgan fingerprint density at radius 2 is 1.96 bits per heavy atom. The van der Waals surface area contributed by atoms with Crippen molar-refractivity contribution in [2.75, 3.05) is 0 Å². The van der Waals surface area contributed by atoms with Gasteiger partial charge in [-0.1, -0.05) is 56.2 Å². The first-order valence-electron chi connectivity index (χ1n) is 10.4. The maximum atomic E-state index is 10.6. The van der Waals surface area contributed by atoms with Crippen molar-refractivity contribution in [1.82, 2.24) is 0 Å². The van der Waals surface area contributed by atoms with Crippen LogP contribution in [0.3, 0.4) is 0 Å². The van der Waals surface area contributed by atoms with Gasteiger partial charge in [0.2, 0.25) is 0 Å². The number of unbranched alkanes of at least 4 members (excludes halogenated alkanes) is 2. The molecule has 5 atom stereocenters. The first-order chi connectivity index (χ1) is 13.4. The first kappa shape index (κ1) is 22.9. The van der Waals surface area contributed by atoms with E-state index in [0.29, 0.717) is 12.8 Å². The van der Waals surface area contributed by atoms with E-state index in [9.17, 15) is 15.0 Å². The highest BCUT2D eigenvalue weighted by Crippen LogP contribution is 2.45. The molecule has 1 aromatic carbocycles. The zero-order valence-electron chi connectivity index (χ0n) is 16.6. The van der Waals surface area contributed by atoms with Gasteiger partial charge in [0.25, 0.3) is 0 Å². The number of alkyl halides is 1. The number of allylic oxidation sites excluding steroid dienone is 2. The van der Waals surface area contributed by atoms with Gasteiger partial charge in [-0.15, -0.1) is 11.6 Å². The number of carbonyl (C=O) groups is 1. The second-order valence-corrected chi connectivity index (χ2v) is 8.39. The number of hydrogen-bond donors (Lipinski definition) is 3. The Kier molecular flexibility index (Phi) is 9.49. The third-order valence-electron chi connectivity index (χ3n) is 5.68. The second kappa shape index (κ2) is 11.6. The Morgan fingerprint density at radius 3 is 2.61 bits per heavy atom. The summed E-state index contributed by atoms with van der Waals surface area (Å²) in [4.78, 5) is 10.6. The SMILES string of the molecule is CCCCC(O)c1ccc([C@@H]2[C@@H](CC=CCCCC(=O)O)[C@H](Cl)C[C@H]2O)cc1. The summed E-state index contributed by atoms with van der Waals surface area (Å²) in [5, 5.41) is 29.4. The largest absolute Gasteiger partial charge is 0.481 e. The number of halogens is 1. The Bertz CT molecular complexity index is 628. The summed E-state index contributed by atoms with van der Waals surface area (Å²) in [7, 11) is 0. The van der Waals surface area contributed by atoms with Crippen molar-refractivity contribution in [3.8, 4) is 0 Å². The number of rotatable bonds is 11. The van der Waals surface area contributed by atoms with E-state index in [1.165, 1.54) is 0 Å². The van der Waals surface area contributed by atoms with Crippen LogP contribution in [-0.4, -0.2) is 32.8 Å². The van der Waals surface area contributed by atoms with E-state index in [1.54, 1.807) is 0 Å². The molecule has 156 valence electrons. The Hall–Kier alpha value is -1.36. The number of aliphatic hydroxyl groups is 2. The summed E-state index contributed by atoms with van der Waals surface area (Å²) >= 11 is 6.53. The molecule has 28 heavy (non-hydrogen) atoms. The molecule has 0 aromatic heterocycles. The van der Waals surface area contributed by atoms with Crippen molar-refractivity contribution >= 4 is 17.6 Å². The van der Waals surface area contributed by atoms with Crippen LogP contribution >= 0.6 is 11.6 Å². The third kappa shape index (κ3) is 6.61. The lowest BCUT2D eigenvalue weighted by Gasteiger charge is -2.23. The molecule has 0 spiro atoms. The maximum absolute atomic E-state index is 10.6. The van der Waals surface area contributed by atoms with Crippen molar-refractivity contribution in [3.63, 3.8) is 0 Å². The van der Waals surface area contributed by atoms with Gasteiger partial charge in [-0.05, 0) is 49.1 Å². The lowest BCUT2D eigenvalue weighted by atomic mass is 9.84. The van der Waals surface area contributed by atoms with Crippen LogP contribution in [-0.2, 0) is 4.79 Å². The van der Waals surface area contributed by atoms with Crippen LogP contribution in [0.1, 0.15) is 81.4 Å². The standard InChI is InChI=1S/C23H33ClO4/c1-2-3-9-20(25)16-11-13-17(14-12-16)23-18(19(24)15-21(23)26)8-6-4-5-7-10-22(27)28/h4,6,11-14,18-21,23,25-26H,2-3,5,7-10,15H2,1H3,(H,27,28)/t18-,19+,20?,21+,23+/m0/s1. The molecule has 5 heteroatoms. The van der Waals surface area contributed by atoms with E-state index in [2.05, 4.69) is 13.0 Å². The minimum Gasteiger partial charge on any atom is -0.481 e. The van der Waals surface area contributed by atoms with Gasteiger partial charge < -0.3 is 15.3 Å². The van der Waals surface area contributed by atoms with Gasteiger partial charge in [0, 0.05) is 17.7 Å². The number of carboxylic acid groups (broad SMARTS) is 1. The number of benzene rings is 1. The smallest absolute Gasteiger partial charge is 0.303 e. The second-order valence-electron chi connectivity index (χ2n) is 7.83. The van der Waals surface area contributed by atoms with Gasteiger partial charge in [0.1, 0.15) is 0 Å². The highest BCUT2D eigenvalue weighted by atomic mass is 35.5. The molecular weight excluding hydrogens is 376 g/mol. The predicted octanol–water partition coefficient (Wildman–Crippen LogP) is 5.18. The summed E-state index contributed by atoms with van der Waals surface area (Å²) in [6, 6.07) is 7.94. The Labute approximate surface area is 173 Å². The summed E-state index contributed by atoms with van der Waals surface area (Å²) in [6.45, 7) is 2.11. The summed E-state index contributed by atoms with van der Waals surface area (Å²) in [5.74, 6) is -0.646. The zero-order chi connectivity index (χ0) is 20.5. The molecule has 1 unspecified atom stereocenters. The average molecular weight is 409 g/mol. The number of hydrogen-bond acceptors (Lipinski definition) is 3. The third-order valence-corrected chi connectivity index (χ3v) is 6.18. The van der Waals surface area contributed by atoms with Crippen molar-refractivity contribution in [2.45, 2.75) is 81.8 Å². The van der Waals surface area contributed by atoms with Crippen LogP contribution in [0.5, 0.6) is 0 Å². The van der Waals surface area contributed by atoms with Crippen LogP contribution in [0.15, 0.2) is 36.4 Å². The van der Waals surface area contributed by atoms with Gasteiger partial charge >= 0.3 is 5.97 Å². The van der Waals surface area contributed by atoms with E-state index in [1.807, 2.05) is 30.3 Å². The minimum atomic E-state index is -0.767. The zero-order valence-corrected chi connectivity index (χ0v) is 17.4. The van der Waals surface area contributed by atoms with E-state index >= 15 is 0 Å². The lowest BCUT2D eigenvalue weighted by Crippen LogP contribution is -2.18. The summed E-state index contributed by atoms with van der Waals surface area (Å²) in [5.41, 5.74) is 1.98. The molecule has 1 aliphatic carbocycles.